The van der Waals surface area contributed by atoms with E-state index in [2.05, 4.69) is 31.9 Å². The zero-order valence-electron chi connectivity index (χ0n) is 14.1. The summed E-state index contributed by atoms with van der Waals surface area (Å²) in [5, 5.41) is 4.87. The lowest BCUT2D eigenvalue weighted by atomic mass is 10.2. The molecule has 1 aromatic heterocycles. The fourth-order valence-electron chi connectivity index (χ4n) is 2.44. The summed E-state index contributed by atoms with van der Waals surface area (Å²) in [6.45, 7) is 2.16. The van der Waals surface area contributed by atoms with Crippen LogP contribution in [0.1, 0.15) is 18.3 Å². The third-order valence-corrected chi connectivity index (χ3v) is 4.21. The van der Waals surface area contributed by atoms with Crippen LogP contribution in [0.25, 0.3) is 10.9 Å². The summed E-state index contributed by atoms with van der Waals surface area (Å²) >= 11 is 3.39. The third kappa shape index (κ3) is 3.84. The maximum atomic E-state index is 12.8. The Labute approximate surface area is 159 Å². The van der Waals surface area contributed by atoms with Crippen LogP contribution in [0.2, 0.25) is 0 Å². The van der Waals surface area contributed by atoms with Crippen LogP contribution >= 0.6 is 15.9 Å². The van der Waals surface area contributed by atoms with Gasteiger partial charge in [0.25, 0.3) is 5.56 Å². The summed E-state index contributed by atoms with van der Waals surface area (Å²) in [5.74, 6) is 3.71. The molecule has 0 bridgehead atoms. The van der Waals surface area contributed by atoms with Crippen molar-refractivity contribution in [2.75, 3.05) is 6.61 Å². The first kappa shape index (κ1) is 17.9. The van der Waals surface area contributed by atoms with Crippen LogP contribution in [-0.2, 0) is 6.42 Å². The van der Waals surface area contributed by atoms with Crippen LogP contribution in [-0.4, -0.2) is 22.5 Å². The molecule has 0 aliphatic heterocycles. The van der Waals surface area contributed by atoms with Crippen molar-refractivity contribution in [3.05, 3.63) is 68.7 Å². The molecule has 0 aliphatic carbocycles. The van der Waals surface area contributed by atoms with E-state index >= 15 is 0 Å². The predicted octanol–water partition coefficient (Wildman–Crippen LogP) is 3.62. The number of rotatable bonds is 5. The molecule has 0 amide bonds. The van der Waals surface area contributed by atoms with Gasteiger partial charge < -0.3 is 4.74 Å². The minimum absolute atomic E-state index is 0.196. The van der Waals surface area contributed by atoms with Crippen LogP contribution in [0.5, 0.6) is 5.75 Å². The normalized spacial score (nSPS) is 11.0. The number of aromatic nitrogens is 2. The summed E-state index contributed by atoms with van der Waals surface area (Å²) in [5.41, 5.74) is 1.30. The molecule has 0 unspecified atom stereocenters. The van der Waals surface area contributed by atoms with Gasteiger partial charge in [0, 0.05) is 10.9 Å². The molecule has 1 heterocycles. The van der Waals surface area contributed by atoms with Crippen LogP contribution in [0, 0.1) is 12.3 Å². The van der Waals surface area contributed by atoms with Gasteiger partial charge in [-0.25, -0.2) is 4.98 Å². The maximum absolute atomic E-state index is 12.8. The molecule has 2 aromatic carbocycles. The number of benzene rings is 2. The van der Waals surface area contributed by atoms with Gasteiger partial charge >= 0.3 is 0 Å². The highest BCUT2D eigenvalue weighted by molar-refractivity contribution is 9.10. The van der Waals surface area contributed by atoms with E-state index in [-0.39, 0.29) is 12.2 Å². The summed E-state index contributed by atoms with van der Waals surface area (Å²) < 4.78 is 7.51. The number of hydrogen-bond acceptors (Lipinski definition) is 4. The number of halogens is 1. The number of ether oxygens (including phenoxy) is 1. The second kappa shape index (κ2) is 7.98. The molecule has 3 rings (SSSR count). The van der Waals surface area contributed by atoms with E-state index in [1.807, 2.05) is 31.2 Å². The lowest BCUT2D eigenvalue weighted by Gasteiger charge is -2.07. The monoisotopic (exact) mass is 409 g/mol. The molecule has 5 nitrogen and oxygen atoms in total. The molecule has 6 heteroatoms. The lowest BCUT2D eigenvalue weighted by molar-refractivity contribution is 0.370. The fourth-order valence-corrected chi connectivity index (χ4v) is 2.80. The van der Waals surface area contributed by atoms with E-state index in [9.17, 15) is 4.79 Å². The smallest absolute Gasteiger partial charge is 0.282 e. The molecule has 0 spiro atoms. The summed E-state index contributed by atoms with van der Waals surface area (Å²) in [7, 11) is 0. The van der Waals surface area contributed by atoms with E-state index in [1.165, 1.54) is 4.68 Å². The average molecular weight is 410 g/mol. The van der Waals surface area contributed by atoms with Crippen molar-refractivity contribution in [1.82, 2.24) is 9.66 Å². The van der Waals surface area contributed by atoms with Crippen LogP contribution < -0.4 is 10.3 Å². The van der Waals surface area contributed by atoms with Gasteiger partial charge in [-0.05, 0) is 48.0 Å². The van der Waals surface area contributed by atoms with Gasteiger partial charge in [0.2, 0.25) is 0 Å². The Kier molecular flexibility index (Phi) is 5.49. The molecule has 0 saturated heterocycles. The minimum atomic E-state index is -0.196. The van der Waals surface area contributed by atoms with Gasteiger partial charge in [0.05, 0.1) is 17.1 Å². The van der Waals surface area contributed by atoms with Crippen LogP contribution in [0.3, 0.4) is 0 Å². The maximum Gasteiger partial charge on any atom is 0.282 e. The molecule has 0 fully saturated rings. The minimum Gasteiger partial charge on any atom is -0.481 e. The Balaban J connectivity index is 1.97. The zero-order valence-corrected chi connectivity index (χ0v) is 15.7. The molecule has 0 aliphatic rings. The molecular formula is C20H16BrN3O2. The Bertz CT molecular complexity index is 1060. The van der Waals surface area contributed by atoms with Gasteiger partial charge in [0.1, 0.15) is 18.2 Å². The van der Waals surface area contributed by atoms with Crippen molar-refractivity contribution in [2.24, 2.45) is 5.10 Å². The van der Waals surface area contributed by atoms with Crippen LogP contribution in [0.15, 0.2) is 56.8 Å². The first-order valence-electron chi connectivity index (χ1n) is 8.04. The van der Waals surface area contributed by atoms with Crippen LogP contribution in [0.4, 0.5) is 0 Å². The van der Waals surface area contributed by atoms with Crippen molar-refractivity contribution in [3.8, 4) is 18.1 Å². The number of hydrogen-bond donors (Lipinski definition) is 0. The van der Waals surface area contributed by atoms with Crippen molar-refractivity contribution in [3.63, 3.8) is 0 Å². The highest BCUT2D eigenvalue weighted by atomic mass is 79.9. The fraction of sp³-hybridized carbons (Fsp3) is 0.150. The quantitative estimate of drug-likeness (QED) is 0.477. The van der Waals surface area contributed by atoms with Gasteiger partial charge in [0.15, 0.2) is 0 Å². The predicted molar refractivity (Wildman–Crippen MR) is 107 cm³/mol. The SMILES string of the molecule is C#CCOc1ccc(C=Nn2c(CC)nc3ccc(Br)cc3c2=O)cc1. The number of fused-ring (bicyclic) bond motifs is 1. The van der Waals surface area contributed by atoms with E-state index in [0.29, 0.717) is 28.9 Å². The topological polar surface area (TPSA) is 56.5 Å². The number of nitrogens with zero attached hydrogens (tertiary/aromatic N) is 3. The van der Waals surface area contributed by atoms with E-state index in [0.717, 1.165) is 10.0 Å². The van der Waals surface area contributed by atoms with Crippen molar-refractivity contribution >= 4 is 33.0 Å². The molecule has 0 radical (unpaired) electrons. The first-order valence-corrected chi connectivity index (χ1v) is 8.83. The van der Waals surface area contributed by atoms with Crippen molar-refractivity contribution in [1.29, 1.82) is 0 Å². The average Bonchev–Trinajstić information content (AvgIpc) is 2.66. The number of aryl methyl sites for hydroxylation is 1. The summed E-state index contributed by atoms with van der Waals surface area (Å²) in [6, 6.07) is 12.7. The molecule has 0 atom stereocenters. The van der Waals surface area contributed by atoms with Gasteiger partial charge in [-0.15, -0.1) is 6.42 Å². The number of terminal acetylenes is 1. The molecule has 0 saturated carbocycles. The third-order valence-electron chi connectivity index (χ3n) is 3.72. The van der Waals surface area contributed by atoms with Crippen molar-refractivity contribution < 1.29 is 4.74 Å². The Morgan fingerprint density at radius 1 is 1.31 bits per heavy atom. The van der Waals surface area contributed by atoms with Crippen molar-refractivity contribution in [2.45, 2.75) is 13.3 Å². The second-order valence-electron chi connectivity index (χ2n) is 5.47. The second-order valence-corrected chi connectivity index (χ2v) is 6.38. The lowest BCUT2D eigenvalue weighted by Crippen LogP contribution is -2.22. The molecule has 0 N–H and O–H groups in total. The molecular weight excluding hydrogens is 394 g/mol. The van der Waals surface area contributed by atoms with Gasteiger partial charge in [-0.3, -0.25) is 4.79 Å². The highest BCUT2D eigenvalue weighted by Gasteiger charge is 2.09. The standard InChI is InChI=1S/C20H16BrN3O2/c1-3-11-26-16-8-5-14(6-9-16)13-22-24-19(4-2)23-18-10-7-15(21)12-17(18)20(24)25/h1,5-10,12-13H,4,11H2,2H3. The van der Waals surface area contributed by atoms with Gasteiger partial charge in [-0.1, -0.05) is 28.8 Å². The Morgan fingerprint density at radius 2 is 2.08 bits per heavy atom. The van der Waals surface area contributed by atoms with E-state index in [1.54, 1.807) is 24.4 Å². The van der Waals surface area contributed by atoms with E-state index < -0.39 is 0 Å². The Hall–Kier alpha value is -2.91. The molecule has 3 aromatic rings. The largest absolute Gasteiger partial charge is 0.481 e. The molecule has 130 valence electrons. The summed E-state index contributed by atoms with van der Waals surface area (Å²) in [4.78, 5) is 17.3. The Morgan fingerprint density at radius 3 is 2.77 bits per heavy atom. The first-order chi connectivity index (χ1) is 12.6. The van der Waals surface area contributed by atoms with Gasteiger partial charge in [-0.2, -0.15) is 9.78 Å². The summed E-state index contributed by atoms with van der Waals surface area (Å²) in [6.07, 6.45) is 7.39. The van der Waals surface area contributed by atoms with E-state index in [4.69, 9.17) is 11.2 Å². The highest BCUT2D eigenvalue weighted by Crippen LogP contribution is 2.16. The zero-order chi connectivity index (χ0) is 18.5. The molecule has 26 heavy (non-hydrogen) atoms.